The average molecular weight is 226 g/mol. The summed E-state index contributed by atoms with van der Waals surface area (Å²) in [6.45, 7) is 0. The van der Waals surface area contributed by atoms with Gasteiger partial charge in [-0.2, -0.15) is 0 Å². The molecule has 76 valence electrons. The van der Waals surface area contributed by atoms with E-state index in [1.54, 1.807) is 0 Å². The van der Waals surface area contributed by atoms with Gasteiger partial charge in [-0.3, -0.25) is 4.21 Å². The standard InChI is InChI=1S/C9H16O3S.Na/c10-13(11)7-8-3-1-4-9(12-8)5-2-6-9;/h8H,1-7H2,(H,10,11);/q;+1/p-1. The number of ether oxygens (including phenoxy) is 1. The van der Waals surface area contributed by atoms with Crippen molar-refractivity contribution < 1.29 is 43.1 Å². The first-order chi connectivity index (χ1) is 6.20. The van der Waals surface area contributed by atoms with Gasteiger partial charge in [-0.25, -0.2) is 0 Å². The van der Waals surface area contributed by atoms with Crippen LogP contribution in [0.5, 0.6) is 0 Å². The number of hydrogen-bond donors (Lipinski definition) is 0. The summed E-state index contributed by atoms with van der Waals surface area (Å²) in [6, 6.07) is 0. The first-order valence-corrected chi connectivity index (χ1v) is 6.18. The Bertz CT molecular complexity index is 218. The van der Waals surface area contributed by atoms with Crippen LogP contribution in [0.3, 0.4) is 0 Å². The maximum atomic E-state index is 10.5. The van der Waals surface area contributed by atoms with Crippen LogP contribution < -0.4 is 29.6 Å². The molecule has 1 saturated carbocycles. The molecule has 0 aromatic heterocycles. The van der Waals surface area contributed by atoms with Crippen LogP contribution in [0.15, 0.2) is 0 Å². The molecule has 2 atom stereocenters. The predicted molar refractivity (Wildman–Crippen MR) is 49.1 cm³/mol. The Morgan fingerprint density at radius 3 is 2.50 bits per heavy atom. The summed E-state index contributed by atoms with van der Waals surface area (Å²) in [5.74, 6) is 0.182. The van der Waals surface area contributed by atoms with Crippen LogP contribution >= 0.6 is 0 Å². The van der Waals surface area contributed by atoms with Crippen molar-refractivity contribution in [2.45, 2.75) is 50.2 Å². The van der Waals surface area contributed by atoms with Gasteiger partial charge in [0.2, 0.25) is 0 Å². The van der Waals surface area contributed by atoms with Crippen molar-refractivity contribution in [1.82, 2.24) is 0 Å². The zero-order valence-corrected chi connectivity index (χ0v) is 11.5. The van der Waals surface area contributed by atoms with E-state index in [0.717, 1.165) is 32.1 Å². The molecule has 2 aliphatic rings. The molecule has 1 saturated heterocycles. The van der Waals surface area contributed by atoms with Gasteiger partial charge in [0.1, 0.15) is 0 Å². The molecule has 0 amide bonds. The molecule has 2 fully saturated rings. The molecule has 1 aliphatic carbocycles. The molecule has 2 unspecified atom stereocenters. The first-order valence-electron chi connectivity index (χ1n) is 4.94. The van der Waals surface area contributed by atoms with Gasteiger partial charge in [-0.1, -0.05) is 11.1 Å². The fourth-order valence-electron chi connectivity index (χ4n) is 2.33. The molecule has 0 N–H and O–H groups in total. The summed E-state index contributed by atoms with van der Waals surface area (Å²) in [6.07, 6.45) is 6.65. The molecule has 2 rings (SSSR count). The topological polar surface area (TPSA) is 49.4 Å². The van der Waals surface area contributed by atoms with Gasteiger partial charge in [-0.05, 0) is 38.5 Å². The van der Waals surface area contributed by atoms with E-state index >= 15 is 0 Å². The van der Waals surface area contributed by atoms with E-state index in [-0.39, 0.29) is 47.0 Å². The minimum Gasteiger partial charge on any atom is -0.772 e. The predicted octanol–water partition coefficient (Wildman–Crippen LogP) is -1.64. The molecule has 0 bridgehead atoms. The monoisotopic (exact) mass is 226 g/mol. The SMILES string of the molecule is O=S([O-])CC1CCCC2(CCC2)O1.[Na+]. The van der Waals surface area contributed by atoms with Crippen molar-refractivity contribution in [3.63, 3.8) is 0 Å². The van der Waals surface area contributed by atoms with Crippen LogP contribution in [0.4, 0.5) is 0 Å². The van der Waals surface area contributed by atoms with Crippen LogP contribution in [0, 0.1) is 0 Å². The second kappa shape index (κ2) is 5.41. The molecule has 14 heavy (non-hydrogen) atoms. The van der Waals surface area contributed by atoms with E-state index in [1.165, 1.54) is 6.42 Å². The van der Waals surface area contributed by atoms with E-state index in [1.807, 2.05) is 0 Å². The van der Waals surface area contributed by atoms with Crippen molar-refractivity contribution >= 4 is 11.1 Å². The Kier molecular flexibility index (Phi) is 5.08. The van der Waals surface area contributed by atoms with Gasteiger partial charge in [-0.15, -0.1) is 0 Å². The second-order valence-electron chi connectivity index (χ2n) is 4.14. The van der Waals surface area contributed by atoms with Crippen LogP contribution in [0.25, 0.3) is 0 Å². The van der Waals surface area contributed by atoms with E-state index in [0.29, 0.717) is 0 Å². The largest absolute Gasteiger partial charge is 1.00 e. The van der Waals surface area contributed by atoms with Gasteiger partial charge < -0.3 is 9.29 Å². The molecule has 1 spiro atoms. The van der Waals surface area contributed by atoms with E-state index in [4.69, 9.17) is 4.74 Å². The van der Waals surface area contributed by atoms with E-state index in [9.17, 15) is 8.76 Å². The molecule has 3 nitrogen and oxygen atoms in total. The van der Waals surface area contributed by atoms with E-state index in [2.05, 4.69) is 0 Å². The summed E-state index contributed by atoms with van der Waals surface area (Å²) in [7, 11) is 0. The zero-order chi connectivity index (χ0) is 9.31. The molecular formula is C9H15NaO3S. The van der Waals surface area contributed by atoms with Gasteiger partial charge in [0.25, 0.3) is 0 Å². The molecule has 0 aromatic rings. The Morgan fingerprint density at radius 1 is 1.36 bits per heavy atom. The third kappa shape index (κ3) is 3.03. The minimum atomic E-state index is -1.95. The molecular weight excluding hydrogens is 211 g/mol. The Labute approximate surface area is 110 Å². The normalized spacial score (nSPS) is 31.6. The summed E-state index contributed by atoms with van der Waals surface area (Å²) >= 11 is -1.95. The molecule has 0 radical (unpaired) electrons. The summed E-state index contributed by atoms with van der Waals surface area (Å²) in [5.41, 5.74) is 0.0856. The number of rotatable bonds is 2. The van der Waals surface area contributed by atoms with Crippen molar-refractivity contribution in [1.29, 1.82) is 0 Å². The third-order valence-electron chi connectivity index (χ3n) is 3.16. The van der Waals surface area contributed by atoms with Gasteiger partial charge in [0.15, 0.2) is 0 Å². The summed E-state index contributed by atoms with van der Waals surface area (Å²) < 4.78 is 26.8. The van der Waals surface area contributed by atoms with Crippen molar-refractivity contribution in [2.75, 3.05) is 5.75 Å². The van der Waals surface area contributed by atoms with Crippen LogP contribution in [0.1, 0.15) is 38.5 Å². The minimum absolute atomic E-state index is 0. The Hall–Kier alpha value is 1.07. The Morgan fingerprint density at radius 2 is 2.00 bits per heavy atom. The fourth-order valence-corrected chi connectivity index (χ4v) is 2.87. The molecule has 1 aliphatic heterocycles. The maximum absolute atomic E-state index is 10.5. The maximum Gasteiger partial charge on any atom is 1.00 e. The summed E-state index contributed by atoms with van der Waals surface area (Å²) in [4.78, 5) is 0. The van der Waals surface area contributed by atoms with Crippen molar-refractivity contribution in [3.8, 4) is 0 Å². The fraction of sp³-hybridized carbons (Fsp3) is 1.00. The number of hydrogen-bond acceptors (Lipinski definition) is 3. The van der Waals surface area contributed by atoms with Gasteiger partial charge in [0.05, 0.1) is 11.7 Å². The van der Waals surface area contributed by atoms with Crippen molar-refractivity contribution in [3.05, 3.63) is 0 Å². The molecule has 5 heteroatoms. The Balaban J connectivity index is 0.000000980. The van der Waals surface area contributed by atoms with Gasteiger partial charge >= 0.3 is 29.6 Å². The van der Waals surface area contributed by atoms with Crippen molar-refractivity contribution in [2.24, 2.45) is 0 Å². The smallest absolute Gasteiger partial charge is 0.772 e. The average Bonchev–Trinajstić information content (AvgIpc) is 2.01. The molecule has 1 heterocycles. The zero-order valence-electron chi connectivity index (χ0n) is 8.66. The van der Waals surface area contributed by atoms with Gasteiger partial charge in [0, 0.05) is 5.75 Å². The second-order valence-corrected chi connectivity index (χ2v) is 5.08. The van der Waals surface area contributed by atoms with Crippen LogP contribution in [-0.2, 0) is 15.8 Å². The van der Waals surface area contributed by atoms with Crippen LogP contribution in [0.2, 0.25) is 0 Å². The summed E-state index contributed by atoms with van der Waals surface area (Å²) in [5, 5.41) is 0. The first kappa shape index (κ1) is 13.1. The van der Waals surface area contributed by atoms with Crippen LogP contribution in [-0.4, -0.2) is 26.2 Å². The van der Waals surface area contributed by atoms with E-state index < -0.39 is 11.1 Å². The third-order valence-corrected chi connectivity index (χ3v) is 3.81. The quantitative estimate of drug-likeness (QED) is 0.419. The molecule has 0 aromatic carbocycles.